The fourth-order valence-electron chi connectivity index (χ4n) is 2.00. The molecule has 4 N–H and O–H groups in total. The fraction of sp³-hybridized carbons (Fsp3) is 0.133. The molecule has 1 amide bonds. The monoisotopic (exact) mass is 256 g/mol. The number of amides is 1. The van der Waals surface area contributed by atoms with E-state index in [0.29, 0.717) is 23.4 Å². The number of primary amides is 1. The van der Waals surface area contributed by atoms with E-state index in [1.54, 1.807) is 19.2 Å². The molecule has 4 nitrogen and oxygen atoms in total. The first kappa shape index (κ1) is 13.0. The van der Waals surface area contributed by atoms with E-state index in [1.807, 2.05) is 30.3 Å². The third kappa shape index (κ3) is 2.85. The van der Waals surface area contributed by atoms with Gasteiger partial charge in [0.15, 0.2) is 0 Å². The van der Waals surface area contributed by atoms with Crippen LogP contribution in [0.5, 0.6) is 5.75 Å². The van der Waals surface area contributed by atoms with Crippen LogP contribution >= 0.6 is 0 Å². The zero-order valence-electron chi connectivity index (χ0n) is 10.7. The standard InChI is InChI=1S/C15H16N2O2/c1-19-14-9-13(16)12(15(17)18)8-11(14)7-10-5-3-2-4-6-10/h2-6,8-9H,7,16H2,1H3,(H2,17,18). The van der Waals surface area contributed by atoms with E-state index in [4.69, 9.17) is 16.2 Å². The Balaban J connectivity index is 2.43. The van der Waals surface area contributed by atoms with Crippen molar-refractivity contribution in [3.8, 4) is 5.75 Å². The number of hydrogen-bond acceptors (Lipinski definition) is 3. The van der Waals surface area contributed by atoms with E-state index in [0.717, 1.165) is 11.1 Å². The molecule has 0 bridgehead atoms. The zero-order chi connectivity index (χ0) is 13.8. The maximum absolute atomic E-state index is 11.3. The molecular weight excluding hydrogens is 240 g/mol. The molecule has 0 aromatic heterocycles. The second-order valence-electron chi connectivity index (χ2n) is 4.28. The number of nitrogens with two attached hydrogens (primary N) is 2. The SMILES string of the molecule is COc1cc(N)c(C(N)=O)cc1Cc1ccccc1. The Morgan fingerprint density at radius 2 is 1.89 bits per heavy atom. The number of anilines is 1. The predicted molar refractivity (Wildman–Crippen MR) is 75.2 cm³/mol. The van der Waals surface area contributed by atoms with Crippen molar-refractivity contribution in [3.05, 3.63) is 59.2 Å². The largest absolute Gasteiger partial charge is 0.496 e. The van der Waals surface area contributed by atoms with E-state index in [2.05, 4.69) is 0 Å². The minimum atomic E-state index is -0.533. The molecule has 0 radical (unpaired) electrons. The van der Waals surface area contributed by atoms with Crippen molar-refractivity contribution in [1.82, 2.24) is 0 Å². The summed E-state index contributed by atoms with van der Waals surface area (Å²) in [6, 6.07) is 13.3. The van der Waals surface area contributed by atoms with Crippen LogP contribution in [0.2, 0.25) is 0 Å². The fourth-order valence-corrected chi connectivity index (χ4v) is 2.00. The summed E-state index contributed by atoms with van der Waals surface area (Å²) in [4.78, 5) is 11.3. The molecule has 0 unspecified atom stereocenters. The minimum Gasteiger partial charge on any atom is -0.496 e. The lowest BCUT2D eigenvalue weighted by atomic mass is 10.0. The number of hydrogen-bond donors (Lipinski definition) is 2. The van der Waals surface area contributed by atoms with Crippen molar-refractivity contribution in [3.63, 3.8) is 0 Å². The van der Waals surface area contributed by atoms with Gasteiger partial charge < -0.3 is 16.2 Å². The van der Waals surface area contributed by atoms with Crippen LogP contribution in [0.25, 0.3) is 0 Å². The van der Waals surface area contributed by atoms with Crippen LogP contribution in [-0.4, -0.2) is 13.0 Å². The summed E-state index contributed by atoms with van der Waals surface area (Å²) in [7, 11) is 1.58. The Bertz CT molecular complexity index is 595. The molecule has 0 saturated heterocycles. The van der Waals surface area contributed by atoms with Crippen molar-refractivity contribution in [2.75, 3.05) is 12.8 Å². The average molecular weight is 256 g/mol. The molecule has 4 heteroatoms. The summed E-state index contributed by atoms with van der Waals surface area (Å²) in [5, 5.41) is 0. The van der Waals surface area contributed by atoms with E-state index in [-0.39, 0.29) is 0 Å². The molecule has 2 aromatic rings. The highest BCUT2D eigenvalue weighted by molar-refractivity contribution is 5.98. The summed E-state index contributed by atoms with van der Waals surface area (Å²) in [5.74, 6) is 0.126. The number of rotatable bonds is 4. The third-order valence-corrected chi connectivity index (χ3v) is 2.96. The van der Waals surface area contributed by atoms with Crippen LogP contribution in [0.1, 0.15) is 21.5 Å². The highest BCUT2D eigenvalue weighted by atomic mass is 16.5. The van der Waals surface area contributed by atoms with Crippen molar-refractivity contribution in [2.45, 2.75) is 6.42 Å². The molecule has 0 fully saturated rings. The number of carbonyl (C=O) groups is 1. The Kier molecular flexibility index (Phi) is 3.71. The average Bonchev–Trinajstić information content (AvgIpc) is 2.41. The van der Waals surface area contributed by atoms with Crippen LogP contribution in [0.3, 0.4) is 0 Å². The number of benzene rings is 2. The van der Waals surface area contributed by atoms with Gasteiger partial charge in [-0.05, 0) is 17.2 Å². The highest BCUT2D eigenvalue weighted by Crippen LogP contribution is 2.27. The molecule has 0 atom stereocenters. The smallest absolute Gasteiger partial charge is 0.250 e. The van der Waals surface area contributed by atoms with E-state index >= 15 is 0 Å². The lowest BCUT2D eigenvalue weighted by molar-refractivity contribution is 0.100. The van der Waals surface area contributed by atoms with Gasteiger partial charge in [-0.3, -0.25) is 4.79 Å². The number of carbonyl (C=O) groups excluding carboxylic acids is 1. The van der Waals surface area contributed by atoms with Crippen molar-refractivity contribution < 1.29 is 9.53 Å². The van der Waals surface area contributed by atoms with E-state index in [9.17, 15) is 4.79 Å². The molecule has 0 saturated carbocycles. The summed E-state index contributed by atoms with van der Waals surface area (Å²) in [6.07, 6.45) is 0.657. The van der Waals surface area contributed by atoms with Crippen molar-refractivity contribution in [1.29, 1.82) is 0 Å². The molecule has 19 heavy (non-hydrogen) atoms. The molecule has 0 aliphatic heterocycles. The first-order valence-corrected chi connectivity index (χ1v) is 5.92. The zero-order valence-corrected chi connectivity index (χ0v) is 10.7. The van der Waals surface area contributed by atoms with Gasteiger partial charge in [0.05, 0.1) is 12.7 Å². The maximum atomic E-state index is 11.3. The number of nitrogen functional groups attached to an aromatic ring is 1. The van der Waals surface area contributed by atoms with Crippen LogP contribution in [0.15, 0.2) is 42.5 Å². The Morgan fingerprint density at radius 1 is 1.21 bits per heavy atom. The Morgan fingerprint density at radius 3 is 2.47 bits per heavy atom. The van der Waals surface area contributed by atoms with Crippen molar-refractivity contribution in [2.24, 2.45) is 5.73 Å². The molecule has 0 aliphatic carbocycles. The first-order chi connectivity index (χ1) is 9.11. The number of methoxy groups -OCH3 is 1. The van der Waals surface area contributed by atoms with Crippen LogP contribution in [-0.2, 0) is 6.42 Å². The van der Waals surface area contributed by atoms with E-state index in [1.165, 1.54) is 0 Å². The number of ether oxygens (including phenoxy) is 1. The summed E-state index contributed by atoms with van der Waals surface area (Å²) in [6.45, 7) is 0. The second kappa shape index (κ2) is 5.44. The maximum Gasteiger partial charge on any atom is 0.250 e. The highest BCUT2D eigenvalue weighted by Gasteiger charge is 2.12. The van der Waals surface area contributed by atoms with Crippen LogP contribution in [0.4, 0.5) is 5.69 Å². The normalized spacial score (nSPS) is 10.2. The topological polar surface area (TPSA) is 78.3 Å². The molecular formula is C15H16N2O2. The molecule has 0 aliphatic rings. The molecule has 98 valence electrons. The van der Waals surface area contributed by atoms with Gasteiger partial charge in [-0.15, -0.1) is 0 Å². The lowest BCUT2D eigenvalue weighted by Gasteiger charge is -2.12. The Labute approximate surface area is 112 Å². The lowest BCUT2D eigenvalue weighted by Crippen LogP contribution is -2.14. The van der Waals surface area contributed by atoms with Gasteiger partial charge in [0.25, 0.3) is 5.91 Å². The summed E-state index contributed by atoms with van der Waals surface area (Å²) in [5.41, 5.74) is 13.8. The molecule has 2 rings (SSSR count). The van der Waals surface area contributed by atoms with Gasteiger partial charge >= 0.3 is 0 Å². The van der Waals surface area contributed by atoms with Gasteiger partial charge in [0.1, 0.15) is 5.75 Å². The van der Waals surface area contributed by atoms with E-state index < -0.39 is 5.91 Å². The predicted octanol–water partition coefficient (Wildman–Crippen LogP) is 1.97. The van der Waals surface area contributed by atoms with Gasteiger partial charge in [0, 0.05) is 18.2 Å². The van der Waals surface area contributed by atoms with Crippen molar-refractivity contribution >= 4 is 11.6 Å². The molecule has 2 aromatic carbocycles. The first-order valence-electron chi connectivity index (χ1n) is 5.92. The van der Waals surface area contributed by atoms with Gasteiger partial charge in [-0.25, -0.2) is 0 Å². The van der Waals surface area contributed by atoms with Crippen LogP contribution < -0.4 is 16.2 Å². The minimum absolute atomic E-state index is 0.326. The summed E-state index contributed by atoms with van der Waals surface area (Å²) < 4.78 is 5.30. The third-order valence-electron chi connectivity index (χ3n) is 2.96. The van der Waals surface area contributed by atoms with Gasteiger partial charge in [0.2, 0.25) is 0 Å². The summed E-state index contributed by atoms with van der Waals surface area (Å²) >= 11 is 0. The molecule has 0 heterocycles. The molecule has 0 spiro atoms. The van der Waals surface area contributed by atoms with Gasteiger partial charge in [-0.1, -0.05) is 30.3 Å². The quantitative estimate of drug-likeness (QED) is 0.821. The van der Waals surface area contributed by atoms with Crippen LogP contribution in [0, 0.1) is 0 Å². The Hall–Kier alpha value is -2.49. The second-order valence-corrected chi connectivity index (χ2v) is 4.28. The van der Waals surface area contributed by atoms with Gasteiger partial charge in [-0.2, -0.15) is 0 Å².